The standard InChI is InChI=1S/C24H25NO6S/c1-25(32(27,28)21-12-10-20(11-13-21)24(26)30-3)16-19-9-14-22(23(15-19)29-2)31-17-18-7-5-4-6-8-18/h4-15H,16-17H2,1-3H3. The molecule has 0 amide bonds. The molecule has 0 aliphatic rings. The average molecular weight is 456 g/mol. The van der Waals surface area contributed by atoms with Gasteiger partial charge in [-0.25, -0.2) is 13.2 Å². The van der Waals surface area contributed by atoms with Crippen LogP contribution in [0, 0.1) is 0 Å². The van der Waals surface area contributed by atoms with E-state index in [4.69, 9.17) is 9.47 Å². The van der Waals surface area contributed by atoms with Gasteiger partial charge in [-0.3, -0.25) is 0 Å². The van der Waals surface area contributed by atoms with E-state index in [1.807, 2.05) is 30.3 Å². The van der Waals surface area contributed by atoms with Gasteiger partial charge in [0.15, 0.2) is 11.5 Å². The Morgan fingerprint density at radius 2 is 1.56 bits per heavy atom. The second kappa shape index (κ2) is 10.3. The molecule has 8 heteroatoms. The molecule has 32 heavy (non-hydrogen) atoms. The lowest BCUT2D eigenvalue weighted by molar-refractivity contribution is 0.0600. The summed E-state index contributed by atoms with van der Waals surface area (Å²) in [6.45, 7) is 0.531. The number of ether oxygens (including phenoxy) is 3. The van der Waals surface area contributed by atoms with Crippen molar-refractivity contribution in [3.05, 3.63) is 89.5 Å². The zero-order chi connectivity index (χ0) is 23.1. The summed E-state index contributed by atoms with van der Waals surface area (Å²) in [5, 5.41) is 0. The molecule has 0 spiro atoms. The van der Waals surface area contributed by atoms with Crippen LogP contribution < -0.4 is 9.47 Å². The van der Waals surface area contributed by atoms with Crippen LogP contribution in [0.1, 0.15) is 21.5 Å². The highest BCUT2D eigenvalue weighted by molar-refractivity contribution is 7.89. The molecule has 0 fully saturated rings. The van der Waals surface area contributed by atoms with Gasteiger partial charge in [-0.15, -0.1) is 0 Å². The molecular formula is C24H25NO6S. The lowest BCUT2D eigenvalue weighted by Crippen LogP contribution is -2.26. The number of hydrogen-bond donors (Lipinski definition) is 0. The average Bonchev–Trinajstić information content (AvgIpc) is 2.83. The Bertz CT molecular complexity index is 1160. The van der Waals surface area contributed by atoms with Crippen LogP contribution in [-0.4, -0.2) is 40.0 Å². The number of carbonyl (C=O) groups excluding carboxylic acids is 1. The van der Waals surface area contributed by atoms with Crippen molar-refractivity contribution < 1.29 is 27.4 Å². The predicted molar refractivity (Wildman–Crippen MR) is 120 cm³/mol. The van der Waals surface area contributed by atoms with Crippen molar-refractivity contribution in [2.75, 3.05) is 21.3 Å². The molecule has 168 valence electrons. The SMILES string of the molecule is COC(=O)c1ccc(S(=O)(=O)N(C)Cc2ccc(OCc3ccccc3)c(OC)c2)cc1. The Hall–Kier alpha value is -3.36. The van der Waals surface area contributed by atoms with E-state index >= 15 is 0 Å². The van der Waals surface area contributed by atoms with Crippen molar-refractivity contribution in [2.24, 2.45) is 0 Å². The number of rotatable bonds is 9. The molecule has 0 radical (unpaired) electrons. The summed E-state index contributed by atoms with van der Waals surface area (Å²) in [5.41, 5.74) is 2.05. The number of methoxy groups -OCH3 is 2. The fourth-order valence-corrected chi connectivity index (χ4v) is 4.23. The van der Waals surface area contributed by atoms with E-state index in [9.17, 15) is 13.2 Å². The van der Waals surface area contributed by atoms with E-state index in [2.05, 4.69) is 4.74 Å². The molecule has 3 rings (SSSR count). The molecule has 0 heterocycles. The van der Waals surface area contributed by atoms with Crippen molar-refractivity contribution in [1.82, 2.24) is 4.31 Å². The molecule has 3 aromatic rings. The first-order valence-corrected chi connectivity index (χ1v) is 11.3. The molecule has 0 aliphatic carbocycles. The second-order valence-corrected chi connectivity index (χ2v) is 9.08. The lowest BCUT2D eigenvalue weighted by atomic mass is 10.2. The zero-order valence-electron chi connectivity index (χ0n) is 18.1. The van der Waals surface area contributed by atoms with Crippen LogP contribution >= 0.6 is 0 Å². The van der Waals surface area contributed by atoms with Crippen molar-refractivity contribution >= 4 is 16.0 Å². The molecule has 0 bridgehead atoms. The first kappa shape index (κ1) is 23.3. The maximum atomic E-state index is 12.9. The van der Waals surface area contributed by atoms with Crippen molar-refractivity contribution in [2.45, 2.75) is 18.0 Å². The number of hydrogen-bond acceptors (Lipinski definition) is 6. The summed E-state index contributed by atoms with van der Waals surface area (Å²) < 4.78 is 43.0. The van der Waals surface area contributed by atoms with E-state index in [1.165, 1.54) is 49.8 Å². The van der Waals surface area contributed by atoms with Crippen LogP contribution in [0.25, 0.3) is 0 Å². The van der Waals surface area contributed by atoms with Gasteiger partial charge in [0.2, 0.25) is 10.0 Å². The summed E-state index contributed by atoms with van der Waals surface area (Å²) >= 11 is 0. The Morgan fingerprint density at radius 3 is 2.19 bits per heavy atom. The fourth-order valence-electron chi connectivity index (χ4n) is 3.07. The van der Waals surface area contributed by atoms with E-state index in [-0.39, 0.29) is 17.0 Å². The smallest absolute Gasteiger partial charge is 0.337 e. The van der Waals surface area contributed by atoms with Crippen molar-refractivity contribution in [3.63, 3.8) is 0 Å². The summed E-state index contributed by atoms with van der Waals surface area (Å²) in [6.07, 6.45) is 0. The predicted octanol–water partition coefficient (Wildman–Crippen LogP) is 3.88. The first-order valence-electron chi connectivity index (χ1n) is 9.83. The highest BCUT2D eigenvalue weighted by Gasteiger charge is 2.22. The molecule has 0 atom stereocenters. The summed E-state index contributed by atoms with van der Waals surface area (Å²) in [7, 11) is 0.553. The number of nitrogens with zero attached hydrogens (tertiary/aromatic N) is 1. The Morgan fingerprint density at radius 1 is 0.875 bits per heavy atom. The topological polar surface area (TPSA) is 82.1 Å². The lowest BCUT2D eigenvalue weighted by Gasteiger charge is -2.19. The highest BCUT2D eigenvalue weighted by Crippen LogP contribution is 2.30. The maximum Gasteiger partial charge on any atom is 0.337 e. The van der Waals surface area contributed by atoms with E-state index < -0.39 is 16.0 Å². The minimum Gasteiger partial charge on any atom is -0.493 e. The van der Waals surface area contributed by atoms with E-state index in [0.717, 1.165) is 11.1 Å². The maximum absolute atomic E-state index is 12.9. The van der Waals surface area contributed by atoms with Crippen molar-refractivity contribution in [1.29, 1.82) is 0 Å². The van der Waals surface area contributed by atoms with Gasteiger partial charge < -0.3 is 14.2 Å². The monoisotopic (exact) mass is 455 g/mol. The normalized spacial score (nSPS) is 11.2. The number of sulfonamides is 1. The van der Waals surface area contributed by atoms with Crippen LogP contribution in [-0.2, 0) is 27.9 Å². The number of benzene rings is 3. The molecule has 3 aromatic carbocycles. The number of esters is 1. The van der Waals surface area contributed by atoms with Gasteiger partial charge in [0.05, 0.1) is 24.7 Å². The quantitative estimate of drug-likeness (QED) is 0.456. The summed E-state index contributed by atoms with van der Waals surface area (Å²) in [5.74, 6) is 0.569. The molecule has 0 N–H and O–H groups in total. The first-order chi connectivity index (χ1) is 15.3. The van der Waals surface area contributed by atoms with Crippen molar-refractivity contribution in [3.8, 4) is 11.5 Å². The highest BCUT2D eigenvalue weighted by atomic mass is 32.2. The third kappa shape index (κ3) is 5.46. The largest absolute Gasteiger partial charge is 0.493 e. The van der Waals surface area contributed by atoms with Crippen LogP contribution in [0.2, 0.25) is 0 Å². The third-order valence-electron chi connectivity index (χ3n) is 4.85. The van der Waals surface area contributed by atoms with Gasteiger partial charge >= 0.3 is 5.97 Å². The Kier molecular flexibility index (Phi) is 7.50. The molecule has 0 saturated carbocycles. The van der Waals surface area contributed by atoms with Crippen LogP contribution in [0.4, 0.5) is 0 Å². The zero-order valence-corrected chi connectivity index (χ0v) is 19.0. The molecular weight excluding hydrogens is 430 g/mol. The van der Waals surface area contributed by atoms with Gasteiger partial charge in [-0.1, -0.05) is 36.4 Å². The molecule has 0 aliphatic heterocycles. The van der Waals surface area contributed by atoms with Gasteiger partial charge in [0.1, 0.15) is 6.61 Å². The Labute approximate surface area is 188 Å². The molecule has 0 saturated heterocycles. The minimum absolute atomic E-state index is 0.0856. The molecule has 0 aromatic heterocycles. The van der Waals surface area contributed by atoms with Gasteiger partial charge in [0, 0.05) is 13.6 Å². The van der Waals surface area contributed by atoms with Crippen LogP contribution in [0.15, 0.2) is 77.7 Å². The van der Waals surface area contributed by atoms with E-state index in [1.54, 1.807) is 18.2 Å². The molecule has 7 nitrogen and oxygen atoms in total. The molecule has 0 unspecified atom stereocenters. The van der Waals surface area contributed by atoms with Gasteiger partial charge in [0.25, 0.3) is 0 Å². The third-order valence-corrected chi connectivity index (χ3v) is 6.67. The summed E-state index contributed by atoms with van der Waals surface area (Å²) in [6, 6.07) is 20.7. The van der Waals surface area contributed by atoms with Gasteiger partial charge in [-0.05, 0) is 47.5 Å². The fraction of sp³-hybridized carbons (Fsp3) is 0.208. The Balaban J connectivity index is 1.72. The minimum atomic E-state index is -3.75. The van der Waals surface area contributed by atoms with Gasteiger partial charge in [-0.2, -0.15) is 4.31 Å². The van der Waals surface area contributed by atoms with E-state index in [0.29, 0.717) is 18.1 Å². The summed E-state index contributed by atoms with van der Waals surface area (Å²) in [4.78, 5) is 11.6. The second-order valence-electron chi connectivity index (χ2n) is 7.04. The van der Waals surface area contributed by atoms with Crippen LogP contribution in [0.5, 0.6) is 11.5 Å². The number of carbonyl (C=O) groups is 1. The van der Waals surface area contributed by atoms with Crippen LogP contribution in [0.3, 0.4) is 0 Å².